The van der Waals surface area contributed by atoms with Gasteiger partial charge in [-0.15, -0.1) is 0 Å². The average Bonchev–Trinajstić information content (AvgIpc) is 3.35. The lowest BCUT2D eigenvalue weighted by atomic mass is 10.0. The van der Waals surface area contributed by atoms with E-state index in [9.17, 15) is 0 Å². The minimum Gasteiger partial charge on any atom is -0.338 e. The van der Waals surface area contributed by atoms with Crippen LogP contribution in [0.1, 0.15) is 17.3 Å². The molecule has 5 rings (SSSR count). The van der Waals surface area contributed by atoms with Crippen molar-refractivity contribution in [1.29, 1.82) is 0 Å². The lowest BCUT2D eigenvalue weighted by molar-refractivity contribution is 0.203. The Labute approximate surface area is 156 Å². The van der Waals surface area contributed by atoms with Gasteiger partial charge in [-0.1, -0.05) is 47.6 Å². The molecule has 2 aliphatic heterocycles. The van der Waals surface area contributed by atoms with Crippen LogP contribution in [-0.2, 0) is 12.2 Å². The van der Waals surface area contributed by atoms with Gasteiger partial charge in [0.25, 0.3) is 0 Å². The third-order valence-electron chi connectivity index (χ3n) is 4.97. The highest BCUT2D eigenvalue weighted by Gasteiger charge is 2.40. The number of piperazine rings is 1. The second-order valence-corrected chi connectivity index (χ2v) is 6.79. The highest BCUT2D eigenvalue weighted by molar-refractivity contribution is 5.33. The van der Waals surface area contributed by atoms with Crippen LogP contribution in [0.25, 0.3) is 0 Å². The second-order valence-electron chi connectivity index (χ2n) is 6.79. The number of benzene rings is 2. The Kier molecular flexibility index (Phi) is 4.03. The molecule has 7 heteroatoms. The number of nitrogens with zero attached hydrogens (tertiary/aromatic N) is 5. The Morgan fingerprint density at radius 1 is 0.926 bits per heavy atom. The molecule has 136 valence electrons. The summed E-state index contributed by atoms with van der Waals surface area (Å²) in [5.74, 6) is 1.08. The largest absolute Gasteiger partial charge is 0.338 e. The topological polar surface area (TPSA) is 78.9 Å². The number of fused-ring (bicyclic) bond motifs is 1. The van der Waals surface area contributed by atoms with Crippen LogP contribution in [0, 0.1) is 0 Å². The van der Waals surface area contributed by atoms with Gasteiger partial charge in [0.05, 0.1) is 17.3 Å². The van der Waals surface area contributed by atoms with Crippen molar-refractivity contribution in [2.75, 3.05) is 26.2 Å². The third kappa shape index (κ3) is 2.94. The highest BCUT2D eigenvalue weighted by atomic mass is 16.5. The van der Waals surface area contributed by atoms with Crippen molar-refractivity contribution in [3.63, 3.8) is 0 Å². The van der Waals surface area contributed by atoms with Gasteiger partial charge in [-0.05, 0) is 12.1 Å². The van der Waals surface area contributed by atoms with Crippen molar-refractivity contribution < 1.29 is 4.52 Å². The molecule has 1 N–H and O–H groups in total. The number of para-hydroxylation sites is 2. The van der Waals surface area contributed by atoms with Gasteiger partial charge in [-0.3, -0.25) is 4.90 Å². The number of hydrogen-bond donors (Lipinski definition) is 1. The summed E-state index contributed by atoms with van der Waals surface area (Å²) in [5.41, 5.74) is -0.0633. The van der Waals surface area contributed by atoms with Crippen LogP contribution in [0.5, 0.6) is 0 Å². The van der Waals surface area contributed by atoms with Crippen molar-refractivity contribution in [1.82, 2.24) is 20.4 Å². The number of hydrogen-bond acceptors (Lipinski definition) is 7. The van der Waals surface area contributed by atoms with E-state index in [0.29, 0.717) is 18.3 Å². The van der Waals surface area contributed by atoms with Crippen LogP contribution in [0.2, 0.25) is 0 Å². The Morgan fingerprint density at radius 2 is 1.59 bits per heavy atom. The summed E-state index contributed by atoms with van der Waals surface area (Å²) in [6, 6.07) is 17.8. The molecule has 0 aliphatic carbocycles. The Balaban J connectivity index is 1.56. The molecule has 1 fully saturated rings. The second kappa shape index (κ2) is 6.68. The summed E-state index contributed by atoms with van der Waals surface area (Å²) >= 11 is 0. The fourth-order valence-electron chi connectivity index (χ4n) is 3.58. The fraction of sp³-hybridized carbons (Fsp3) is 0.300. The Morgan fingerprint density at radius 3 is 2.30 bits per heavy atom. The number of aromatic nitrogens is 2. The lowest BCUT2D eigenvalue weighted by Crippen LogP contribution is -2.42. The molecular formula is C20H20N6O. The predicted octanol–water partition coefficient (Wildman–Crippen LogP) is 0.629. The van der Waals surface area contributed by atoms with Crippen LogP contribution >= 0.6 is 0 Å². The zero-order chi connectivity index (χ0) is 18.1. The van der Waals surface area contributed by atoms with Crippen LogP contribution in [-0.4, -0.2) is 41.2 Å². The summed E-state index contributed by atoms with van der Waals surface area (Å²) in [6.45, 7) is 4.56. The van der Waals surface area contributed by atoms with Gasteiger partial charge in [0.1, 0.15) is 0 Å². The first-order chi connectivity index (χ1) is 13.3. The number of rotatable bonds is 4. The average molecular weight is 360 g/mol. The summed E-state index contributed by atoms with van der Waals surface area (Å²) in [4.78, 5) is 16.8. The van der Waals surface area contributed by atoms with Crippen molar-refractivity contribution >= 4 is 0 Å². The normalized spacial score (nSPS) is 18.5. The fourth-order valence-corrected chi connectivity index (χ4v) is 3.58. The van der Waals surface area contributed by atoms with Crippen LogP contribution in [0.3, 0.4) is 0 Å². The van der Waals surface area contributed by atoms with E-state index in [4.69, 9.17) is 19.5 Å². The Hall–Kier alpha value is -2.90. The van der Waals surface area contributed by atoms with E-state index < -0.39 is 5.66 Å². The molecule has 1 saturated heterocycles. The maximum Gasteiger partial charge on any atom is 0.240 e. The quantitative estimate of drug-likeness (QED) is 0.738. The summed E-state index contributed by atoms with van der Waals surface area (Å²) < 4.78 is 5.58. The van der Waals surface area contributed by atoms with Gasteiger partial charge in [0.15, 0.2) is 0 Å². The molecule has 0 radical (unpaired) electrons. The van der Waals surface area contributed by atoms with Gasteiger partial charge in [-0.25, -0.2) is 9.98 Å². The van der Waals surface area contributed by atoms with E-state index >= 15 is 0 Å². The van der Waals surface area contributed by atoms with E-state index in [1.807, 2.05) is 54.6 Å². The molecule has 2 aromatic carbocycles. The molecule has 0 saturated carbocycles. The molecule has 0 unspecified atom stereocenters. The van der Waals surface area contributed by atoms with Gasteiger partial charge in [-0.2, -0.15) is 4.98 Å². The van der Waals surface area contributed by atoms with E-state index in [0.717, 1.165) is 42.5 Å². The monoisotopic (exact) mass is 360 g/mol. The zero-order valence-electron chi connectivity index (χ0n) is 14.9. The minimum absolute atomic E-state index is 0.482. The molecule has 3 heterocycles. The molecule has 27 heavy (non-hydrogen) atoms. The zero-order valence-corrected chi connectivity index (χ0v) is 14.9. The maximum atomic E-state index is 5.58. The molecule has 1 aromatic heterocycles. The molecule has 0 atom stereocenters. The van der Waals surface area contributed by atoms with Crippen LogP contribution < -0.4 is 16.0 Å². The van der Waals surface area contributed by atoms with Crippen LogP contribution in [0.4, 0.5) is 0 Å². The predicted molar refractivity (Wildman–Crippen MR) is 98.4 cm³/mol. The first kappa shape index (κ1) is 16.3. The standard InChI is InChI=1S/C20H20N6O/c1-2-6-15(7-3-1)20(23-16-8-4-5-9-17(16)24-20)19-22-18(27-25-19)14-26-12-10-21-11-13-26/h1-9,21H,10-14H2. The van der Waals surface area contributed by atoms with Crippen molar-refractivity contribution in [2.45, 2.75) is 12.2 Å². The van der Waals surface area contributed by atoms with Crippen molar-refractivity contribution in [2.24, 2.45) is 9.98 Å². The molecule has 2 aliphatic rings. The van der Waals surface area contributed by atoms with E-state index in [2.05, 4.69) is 15.4 Å². The van der Waals surface area contributed by atoms with Gasteiger partial charge < -0.3 is 9.84 Å². The van der Waals surface area contributed by atoms with Gasteiger partial charge in [0.2, 0.25) is 17.4 Å². The van der Waals surface area contributed by atoms with E-state index in [-0.39, 0.29) is 0 Å². The molecule has 3 aromatic rings. The molecule has 0 spiro atoms. The number of nitrogens with one attached hydrogen (secondary N) is 1. The summed E-state index contributed by atoms with van der Waals surface area (Å²) in [6.07, 6.45) is 0. The minimum atomic E-state index is -0.990. The SMILES string of the molecule is c1ccc(C2(c3noc(CN4CCNCC4)n3)N=c3ccccc3=N2)cc1. The lowest BCUT2D eigenvalue weighted by Gasteiger charge is -2.25. The Bertz CT molecular complexity index is 1020. The van der Waals surface area contributed by atoms with Crippen molar-refractivity contribution in [3.05, 3.63) is 82.6 Å². The highest BCUT2D eigenvalue weighted by Crippen LogP contribution is 2.34. The molecule has 0 amide bonds. The molecule has 0 bridgehead atoms. The summed E-state index contributed by atoms with van der Waals surface area (Å²) in [7, 11) is 0. The maximum absolute atomic E-state index is 5.58. The smallest absolute Gasteiger partial charge is 0.240 e. The van der Waals surface area contributed by atoms with Gasteiger partial charge >= 0.3 is 0 Å². The molecular weight excluding hydrogens is 340 g/mol. The van der Waals surface area contributed by atoms with E-state index in [1.165, 1.54) is 0 Å². The molecule has 7 nitrogen and oxygen atoms in total. The third-order valence-corrected chi connectivity index (χ3v) is 4.97. The van der Waals surface area contributed by atoms with E-state index in [1.54, 1.807) is 0 Å². The summed E-state index contributed by atoms with van der Waals surface area (Å²) in [5, 5.41) is 9.31. The first-order valence-corrected chi connectivity index (χ1v) is 9.20. The first-order valence-electron chi connectivity index (χ1n) is 9.20. The van der Waals surface area contributed by atoms with Crippen molar-refractivity contribution in [3.8, 4) is 0 Å². The van der Waals surface area contributed by atoms with Crippen LogP contribution in [0.15, 0.2) is 69.1 Å². The van der Waals surface area contributed by atoms with Gasteiger partial charge in [0, 0.05) is 31.7 Å².